The van der Waals surface area contributed by atoms with Gasteiger partial charge in [-0.2, -0.15) is 0 Å². The first-order chi connectivity index (χ1) is 12.9. The van der Waals surface area contributed by atoms with Crippen molar-refractivity contribution >= 4 is 17.6 Å². The predicted molar refractivity (Wildman–Crippen MR) is 103 cm³/mol. The van der Waals surface area contributed by atoms with Crippen LogP contribution < -0.4 is 14.8 Å². The first-order valence-corrected chi connectivity index (χ1v) is 8.83. The van der Waals surface area contributed by atoms with Crippen LogP contribution in [-0.2, 0) is 14.3 Å². The van der Waals surface area contributed by atoms with Crippen molar-refractivity contribution < 1.29 is 23.8 Å². The van der Waals surface area contributed by atoms with Gasteiger partial charge >= 0.3 is 5.97 Å². The number of hydrogen-bond acceptors (Lipinski definition) is 5. The topological polar surface area (TPSA) is 73.9 Å². The van der Waals surface area contributed by atoms with Crippen molar-refractivity contribution in [1.29, 1.82) is 0 Å². The maximum absolute atomic E-state index is 12.3. The molecule has 0 radical (unpaired) electrons. The van der Waals surface area contributed by atoms with Gasteiger partial charge in [0.05, 0.1) is 6.61 Å². The Morgan fingerprint density at radius 1 is 1.04 bits per heavy atom. The molecular formula is C21H25NO5. The first-order valence-electron chi connectivity index (χ1n) is 8.83. The van der Waals surface area contributed by atoms with E-state index >= 15 is 0 Å². The maximum atomic E-state index is 12.3. The molecule has 6 nitrogen and oxygen atoms in total. The zero-order valence-corrected chi connectivity index (χ0v) is 16.1. The summed E-state index contributed by atoms with van der Waals surface area (Å²) in [5.41, 5.74) is 2.66. The van der Waals surface area contributed by atoms with Gasteiger partial charge in [-0.05, 0) is 57.0 Å². The van der Waals surface area contributed by atoms with Crippen LogP contribution in [0.25, 0.3) is 0 Å². The lowest BCUT2D eigenvalue weighted by atomic mass is 10.1. The number of amides is 1. The molecule has 2 rings (SSSR count). The largest absolute Gasteiger partial charge is 0.490 e. The van der Waals surface area contributed by atoms with Gasteiger partial charge in [-0.3, -0.25) is 4.79 Å². The Balaban J connectivity index is 1.88. The molecule has 0 bridgehead atoms. The summed E-state index contributed by atoms with van der Waals surface area (Å²) in [6.45, 7) is 7.39. The number of aryl methyl sites for hydroxylation is 2. The van der Waals surface area contributed by atoms with Crippen molar-refractivity contribution in [3.05, 3.63) is 53.6 Å². The zero-order chi connectivity index (χ0) is 19.8. The Kier molecular flexibility index (Phi) is 7.23. The highest BCUT2D eigenvalue weighted by Gasteiger charge is 2.19. The highest BCUT2D eigenvalue weighted by molar-refractivity contribution is 5.95. The molecule has 1 amide bonds. The summed E-state index contributed by atoms with van der Waals surface area (Å²) in [5.74, 6) is -0.0333. The van der Waals surface area contributed by atoms with E-state index in [2.05, 4.69) is 5.32 Å². The van der Waals surface area contributed by atoms with Crippen molar-refractivity contribution in [2.45, 2.75) is 33.8 Å². The molecule has 27 heavy (non-hydrogen) atoms. The number of para-hydroxylation sites is 2. The highest BCUT2D eigenvalue weighted by atomic mass is 16.6. The number of carbonyl (C=O) groups excluding carboxylic acids is 2. The lowest BCUT2D eigenvalue weighted by Gasteiger charge is -2.16. The highest BCUT2D eigenvalue weighted by Crippen LogP contribution is 2.26. The van der Waals surface area contributed by atoms with E-state index in [0.717, 1.165) is 11.1 Å². The van der Waals surface area contributed by atoms with Gasteiger partial charge < -0.3 is 19.5 Å². The molecule has 0 aliphatic heterocycles. The summed E-state index contributed by atoms with van der Waals surface area (Å²) in [5, 5.41) is 2.78. The van der Waals surface area contributed by atoms with Crippen LogP contribution in [0.3, 0.4) is 0 Å². The third-order valence-corrected chi connectivity index (χ3v) is 3.82. The number of nitrogens with one attached hydrogen (secondary N) is 1. The fraction of sp³-hybridized carbons (Fsp3) is 0.333. The summed E-state index contributed by atoms with van der Waals surface area (Å²) in [6.07, 6.45) is -0.942. The van der Waals surface area contributed by atoms with E-state index in [4.69, 9.17) is 14.2 Å². The fourth-order valence-electron chi connectivity index (χ4n) is 2.37. The lowest BCUT2D eigenvalue weighted by molar-refractivity contribution is -0.155. The maximum Gasteiger partial charge on any atom is 0.344 e. The standard InChI is InChI=1S/C21H25NO5/c1-5-25-18-8-6-7-9-19(18)26-13-20(23)27-16(4)21(24)22-17-12-14(2)10-11-15(17)3/h6-12,16H,5,13H2,1-4H3,(H,22,24)/t16-/m0/s1. The van der Waals surface area contributed by atoms with E-state index in [1.165, 1.54) is 6.92 Å². The monoisotopic (exact) mass is 371 g/mol. The number of ether oxygens (including phenoxy) is 3. The smallest absolute Gasteiger partial charge is 0.344 e. The number of hydrogen-bond donors (Lipinski definition) is 1. The molecule has 0 aromatic heterocycles. The van der Waals surface area contributed by atoms with Gasteiger partial charge in [0.2, 0.25) is 0 Å². The van der Waals surface area contributed by atoms with E-state index in [1.54, 1.807) is 18.2 Å². The van der Waals surface area contributed by atoms with Crippen LogP contribution in [0.2, 0.25) is 0 Å². The third-order valence-electron chi connectivity index (χ3n) is 3.82. The second-order valence-corrected chi connectivity index (χ2v) is 6.11. The van der Waals surface area contributed by atoms with Crippen molar-refractivity contribution in [2.75, 3.05) is 18.5 Å². The molecule has 1 N–H and O–H groups in total. The van der Waals surface area contributed by atoms with E-state index < -0.39 is 18.0 Å². The van der Waals surface area contributed by atoms with E-state index in [0.29, 0.717) is 23.8 Å². The molecule has 144 valence electrons. The number of benzene rings is 2. The van der Waals surface area contributed by atoms with Crippen LogP contribution in [0, 0.1) is 13.8 Å². The van der Waals surface area contributed by atoms with Crippen molar-refractivity contribution in [1.82, 2.24) is 0 Å². The Labute approximate surface area is 159 Å². The third kappa shape index (κ3) is 6.02. The summed E-state index contributed by atoms with van der Waals surface area (Å²) in [6, 6.07) is 12.8. The predicted octanol–water partition coefficient (Wildman–Crippen LogP) is 3.65. The zero-order valence-electron chi connectivity index (χ0n) is 16.1. The average Bonchev–Trinajstić information content (AvgIpc) is 2.64. The van der Waals surface area contributed by atoms with Gasteiger partial charge in [-0.1, -0.05) is 24.3 Å². The molecule has 0 aliphatic carbocycles. The molecule has 6 heteroatoms. The summed E-state index contributed by atoms with van der Waals surface area (Å²) >= 11 is 0. The van der Waals surface area contributed by atoms with E-state index in [9.17, 15) is 9.59 Å². The van der Waals surface area contributed by atoms with E-state index in [1.807, 2.05) is 45.0 Å². The second-order valence-electron chi connectivity index (χ2n) is 6.11. The molecule has 0 heterocycles. The van der Waals surface area contributed by atoms with Crippen molar-refractivity contribution in [2.24, 2.45) is 0 Å². The molecular weight excluding hydrogens is 346 g/mol. The quantitative estimate of drug-likeness (QED) is 0.717. The fourth-order valence-corrected chi connectivity index (χ4v) is 2.37. The molecule has 0 unspecified atom stereocenters. The summed E-state index contributed by atoms with van der Waals surface area (Å²) in [4.78, 5) is 24.3. The molecule has 0 spiro atoms. The minimum absolute atomic E-state index is 0.314. The molecule has 0 aliphatic rings. The van der Waals surface area contributed by atoms with Crippen LogP contribution in [0.15, 0.2) is 42.5 Å². The average molecular weight is 371 g/mol. The Hall–Kier alpha value is -3.02. The minimum Gasteiger partial charge on any atom is -0.490 e. The number of esters is 1. The summed E-state index contributed by atoms with van der Waals surface area (Å²) in [7, 11) is 0. The lowest BCUT2D eigenvalue weighted by Crippen LogP contribution is -2.32. The normalized spacial score (nSPS) is 11.4. The molecule has 0 saturated heterocycles. The van der Waals surface area contributed by atoms with Gasteiger partial charge in [0.25, 0.3) is 5.91 Å². The molecule has 0 saturated carbocycles. The van der Waals surface area contributed by atoms with Crippen LogP contribution in [-0.4, -0.2) is 31.2 Å². The van der Waals surface area contributed by atoms with Gasteiger partial charge in [0, 0.05) is 5.69 Å². The number of carbonyl (C=O) groups is 2. The van der Waals surface area contributed by atoms with E-state index in [-0.39, 0.29) is 6.61 Å². The van der Waals surface area contributed by atoms with Gasteiger partial charge in [-0.25, -0.2) is 4.79 Å². The molecule has 1 atom stereocenters. The molecule has 2 aromatic rings. The molecule has 2 aromatic carbocycles. The Bertz CT molecular complexity index is 803. The van der Waals surface area contributed by atoms with Crippen LogP contribution >= 0.6 is 0 Å². The van der Waals surface area contributed by atoms with Crippen molar-refractivity contribution in [3.8, 4) is 11.5 Å². The summed E-state index contributed by atoms with van der Waals surface area (Å²) < 4.78 is 16.0. The SMILES string of the molecule is CCOc1ccccc1OCC(=O)O[C@@H](C)C(=O)Nc1cc(C)ccc1C. The van der Waals surface area contributed by atoms with Crippen LogP contribution in [0.5, 0.6) is 11.5 Å². The van der Waals surface area contributed by atoms with Crippen LogP contribution in [0.1, 0.15) is 25.0 Å². The van der Waals surface area contributed by atoms with Crippen molar-refractivity contribution in [3.63, 3.8) is 0 Å². The number of anilines is 1. The van der Waals surface area contributed by atoms with Gasteiger partial charge in [-0.15, -0.1) is 0 Å². The van der Waals surface area contributed by atoms with Gasteiger partial charge in [0.1, 0.15) is 0 Å². The van der Waals surface area contributed by atoms with Crippen LogP contribution in [0.4, 0.5) is 5.69 Å². The minimum atomic E-state index is -0.942. The second kappa shape index (κ2) is 9.62. The Morgan fingerprint density at radius 3 is 2.37 bits per heavy atom. The van der Waals surface area contributed by atoms with Gasteiger partial charge in [0.15, 0.2) is 24.2 Å². The Morgan fingerprint density at radius 2 is 1.70 bits per heavy atom. The first kappa shape index (κ1) is 20.3. The number of rotatable bonds is 8. The molecule has 0 fully saturated rings.